The molecular formula is C24H21NO4. The summed E-state index contributed by atoms with van der Waals surface area (Å²) in [5, 5.41) is 11.0. The van der Waals surface area contributed by atoms with E-state index >= 15 is 0 Å². The Morgan fingerprint density at radius 1 is 0.931 bits per heavy atom. The fourth-order valence-electron chi connectivity index (χ4n) is 3.70. The van der Waals surface area contributed by atoms with Crippen LogP contribution in [0.25, 0.3) is 5.76 Å². The summed E-state index contributed by atoms with van der Waals surface area (Å²) >= 11 is 0. The van der Waals surface area contributed by atoms with Crippen molar-refractivity contribution in [2.24, 2.45) is 0 Å². The summed E-state index contributed by atoms with van der Waals surface area (Å²) in [6, 6.07) is 17.0. The molecule has 2 aromatic carbocycles. The highest BCUT2D eigenvalue weighted by Crippen LogP contribution is 2.43. The van der Waals surface area contributed by atoms with Gasteiger partial charge in [0.2, 0.25) is 0 Å². The number of hydrogen-bond acceptors (Lipinski definition) is 4. The van der Waals surface area contributed by atoms with Gasteiger partial charge in [0.15, 0.2) is 0 Å². The first-order valence-corrected chi connectivity index (χ1v) is 9.39. The second-order valence-corrected chi connectivity index (χ2v) is 7.20. The van der Waals surface area contributed by atoms with Crippen LogP contribution < -0.4 is 4.90 Å². The number of anilines is 1. The van der Waals surface area contributed by atoms with Crippen LogP contribution >= 0.6 is 0 Å². The molecule has 0 bridgehead atoms. The zero-order valence-corrected chi connectivity index (χ0v) is 16.5. The zero-order valence-electron chi connectivity index (χ0n) is 16.5. The Morgan fingerprint density at radius 3 is 2.31 bits per heavy atom. The standard InChI is InChI=1S/C24H21NO4/c1-14-8-7-11-18(16(14)3)25-21(19-13-12-15(2)29-19)20(23(27)24(25)28)22(26)17-9-5-4-6-10-17/h4-13,21,26H,1-3H3/b22-20-. The molecule has 1 aliphatic heterocycles. The average Bonchev–Trinajstić information content (AvgIpc) is 3.26. The number of amides is 1. The number of rotatable bonds is 3. The third-order valence-electron chi connectivity index (χ3n) is 5.36. The highest BCUT2D eigenvalue weighted by atomic mass is 16.3. The van der Waals surface area contributed by atoms with Crippen LogP contribution in [0.15, 0.2) is 70.7 Å². The largest absolute Gasteiger partial charge is 0.507 e. The molecule has 3 aromatic rings. The Labute approximate surface area is 168 Å². The van der Waals surface area contributed by atoms with Crippen LogP contribution in [0.3, 0.4) is 0 Å². The van der Waals surface area contributed by atoms with Gasteiger partial charge in [0.1, 0.15) is 23.3 Å². The van der Waals surface area contributed by atoms with Gasteiger partial charge in [-0.3, -0.25) is 14.5 Å². The van der Waals surface area contributed by atoms with E-state index in [1.807, 2.05) is 32.0 Å². The van der Waals surface area contributed by atoms with E-state index in [1.54, 1.807) is 49.4 Å². The van der Waals surface area contributed by atoms with Gasteiger partial charge in [-0.1, -0.05) is 42.5 Å². The summed E-state index contributed by atoms with van der Waals surface area (Å²) in [7, 11) is 0. The highest BCUT2D eigenvalue weighted by Gasteiger charge is 2.48. The van der Waals surface area contributed by atoms with E-state index in [9.17, 15) is 14.7 Å². The van der Waals surface area contributed by atoms with Crippen molar-refractivity contribution < 1.29 is 19.1 Å². The van der Waals surface area contributed by atoms with Crippen molar-refractivity contribution in [2.75, 3.05) is 4.90 Å². The number of carbonyl (C=O) groups is 2. The van der Waals surface area contributed by atoms with Gasteiger partial charge in [-0.25, -0.2) is 0 Å². The van der Waals surface area contributed by atoms with E-state index in [1.165, 1.54) is 4.90 Å². The van der Waals surface area contributed by atoms with Crippen molar-refractivity contribution in [3.63, 3.8) is 0 Å². The second-order valence-electron chi connectivity index (χ2n) is 7.20. The molecule has 1 unspecified atom stereocenters. The zero-order chi connectivity index (χ0) is 20.7. The minimum atomic E-state index is -0.843. The second kappa shape index (κ2) is 7.09. The predicted octanol–water partition coefficient (Wildman–Crippen LogP) is 4.83. The molecule has 0 saturated carbocycles. The lowest BCUT2D eigenvalue weighted by Crippen LogP contribution is -2.30. The number of benzene rings is 2. The molecule has 146 valence electrons. The summed E-state index contributed by atoms with van der Waals surface area (Å²) in [6.45, 7) is 5.65. The van der Waals surface area contributed by atoms with E-state index in [0.29, 0.717) is 22.8 Å². The van der Waals surface area contributed by atoms with E-state index in [2.05, 4.69) is 0 Å². The van der Waals surface area contributed by atoms with Crippen molar-refractivity contribution in [3.8, 4) is 0 Å². The third-order valence-corrected chi connectivity index (χ3v) is 5.36. The van der Waals surface area contributed by atoms with E-state index in [0.717, 1.165) is 11.1 Å². The fourth-order valence-corrected chi connectivity index (χ4v) is 3.70. The topological polar surface area (TPSA) is 70.8 Å². The Balaban J connectivity index is 1.98. The van der Waals surface area contributed by atoms with Crippen LogP contribution in [-0.2, 0) is 9.59 Å². The number of aliphatic hydroxyl groups excluding tert-OH is 1. The molecule has 1 N–H and O–H groups in total. The number of nitrogens with zero attached hydrogens (tertiary/aromatic N) is 1. The SMILES string of the molecule is Cc1ccc(C2/C(=C(/O)c3ccccc3)C(=O)C(=O)N2c2cccc(C)c2C)o1. The highest BCUT2D eigenvalue weighted by molar-refractivity contribution is 6.51. The Hall–Kier alpha value is -3.60. The molecule has 1 saturated heterocycles. The summed E-state index contributed by atoms with van der Waals surface area (Å²) in [4.78, 5) is 27.6. The van der Waals surface area contributed by atoms with Gasteiger partial charge in [-0.05, 0) is 50.1 Å². The summed E-state index contributed by atoms with van der Waals surface area (Å²) in [5.41, 5.74) is 3.01. The summed E-state index contributed by atoms with van der Waals surface area (Å²) in [6.07, 6.45) is 0. The number of furan rings is 1. The van der Waals surface area contributed by atoms with Crippen LogP contribution in [-0.4, -0.2) is 16.8 Å². The minimum absolute atomic E-state index is 0.0245. The van der Waals surface area contributed by atoms with Gasteiger partial charge in [-0.15, -0.1) is 0 Å². The Kier molecular flexibility index (Phi) is 4.59. The molecule has 1 aromatic heterocycles. The fraction of sp³-hybridized carbons (Fsp3) is 0.167. The van der Waals surface area contributed by atoms with E-state index in [-0.39, 0.29) is 11.3 Å². The summed E-state index contributed by atoms with van der Waals surface area (Å²) < 4.78 is 5.81. The smallest absolute Gasteiger partial charge is 0.300 e. The molecule has 0 aliphatic carbocycles. The lowest BCUT2D eigenvalue weighted by molar-refractivity contribution is -0.132. The lowest BCUT2D eigenvalue weighted by atomic mass is 9.98. The number of carbonyl (C=O) groups excluding carboxylic acids is 2. The summed E-state index contributed by atoms with van der Waals surface area (Å²) in [5.74, 6) is -0.538. The molecule has 1 atom stereocenters. The normalized spacial score (nSPS) is 18.4. The quantitative estimate of drug-likeness (QED) is 0.397. The molecule has 4 rings (SSSR count). The molecular weight excluding hydrogens is 366 g/mol. The maximum Gasteiger partial charge on any atom is 0.300 e. The number of Topliss-reactive ketones (excluding diaryl/α,β-unsaturated/α-hetero) is 1. The van der Waals surface area contributed by atoms with Crippen molar-refractivity contribution >= 4 is 23.1 Å². The van der Waals surface area contributed by atoms with Crippen molar-refractivity contribution in [1.29, 1.82) is 0 Å². The van der Waals surface area contributed by atoms with Gasteiger partial charge in [0.05, 0.1) is 5.57 Å². The molecule has 2 heterocycles. The van der Waals surface area contributed by atoms with E-state index < -0.39 is 17.7 Å². The average molecular weight is 387 g/mol. The molecule has 5 nitrogen and oxygen atoms in total. The first-order chi connectivity index (χ1) is 13.9. The number of hydrogen-bond donors (Lipinski definition) is 1. The van der Waals surface area contributed by atoms with Crippen LogP contribution in [0.2, 0.25) is 0 Å². The molecule has 0 spiro atoms. The van der Waals surface area contributed by atoms with Crippen LogP contribution in [0, 0.1) is 20.8 Å². The van der Waals surface area contributed by atoms with Gasteiger partial charge < -0.3 is 9.52 Å². The van der Waals surface area contributed by atoms with Gasteiger partial charge in [-0.2, -0.15) is 0 Å². The molecule has 1 aliphatic rings. The lowest BCUT2D eigenvalue weighted by Gasteiger charge is -2.25. The first-order valence-electron chi connectivity index (χ1n) is 9.39. The minimum Gasteiger partial charge on any atom is -0.507 e. The number of aliphatic hydroxyl groups is 1. The third kappa shape index (κ3) is 3.05. The van der Waals surface area contributed by atoms with Gasteiger partial charge in [0, 0.05) is 11.3 Å². The molecule has 0 radical (unpaired) electrons. The monoisotopic (exact) mass is 387 g/mol. The van der Waals surface area contributed by atoms with E-state index in [4.69, 9.17) is 4.42 Å². The van der Waals surface area contributed by atoms with Gasteiger partial charge >= 0.3 is 0 Å². The maximum atomic E-state index is 13.1. The number of aryl methyl sites for hydroxylation is 2. The van der Waals surface area contributed by atoms with Crippen LogP contribution in [0.4, 0.5) is 5.69 Å². The molecule has 29 heavy (non-hydrogen) atoms. The Morgan fingerprint density at radius 2 is 1.66 bits per heavy atom. The van der Waals surface area contributed by atoms with Crippen molar-refractivity contribution in [2.45, 2.75) is 26.8 Å². The van der Waals surface area contributed by atoms with Crippen molar-refractivity contribution in [3.05, 3.63) is 94.4 Å². The predicted molar refractivity (Wildman–Crippen MR) is 111 cm³/mol. The van der Waals surface area contributed by atoms with Crippen molar-refractivity contribution in [1.82, 2.24) is 0 Å². The maximum absolute atomic E-state index is 13.1. The molecule has 1 amide bonds. The molecule has 5 heteroatoms. The molecule has 1 fully saturated rings. The van der Waals surface area contributed by atoms with Crippen LogP contribution in [0.1, 0.15) is 34.3 Å². The van der Waals surface area contributed by atoms with Gasteiger partial charge in [0.25, 0.3) is 11.7 Å². The number of ketones is 1. The first kappa shape index (κ1) is 18.7. The Bertz CT molecular complexity index is 1140. The van der Waals surface area contributed by atoms with Crippen LogP contribution in [0.5, 0.6) is 0 Å².